The van der Waals surface area contributed by atoms with Crippen molar-refractivity contribution >= 4 is 21.9 Å². The number of hydrogen-bond acceptors (Lipinski definition) is 4. The summed E-state index contributed by atoms with van der Waals surface area (Å²) in [5, 5.41) is 1.99. The minimum atomic E-state index is -0.438. The molecule has 4 heteroatoms. The van der Waals surface area contributed by atoms with Crippen molar-refractivity contribution in [1.82, 2.24) is 15.0 Å². The molecular formula is C58H35N3O. The van der Waals surface area contributed by atoms with E-state index >= 15 is 0 Å². The van der Waals surface area contributed by atoms with Gasteiger partial charge in [-0.05, 0) is 91.0 Å². The Morgan fingerprint density at radius 2 is 0.774 bits per heavy atom. The van der Waals surface area contributed by atoms with E-state index in [4.69, 9.17) is 19.4 Å². The maximum Gasteiger partial charge on any atom is 0.164 e. The first-order chi connectivity index (χ1) is 30.7. The molecule has 2 aliphatic rings. The average Bonchev–Trinajstić information content (AvgIpc) is 3.98. The van der Waals surface area contributed by atoms with Gasteiger partial charge in [0.15, 0.2) is 17.5 Å². The van der Waals surface area contributed by atoms with Crippen LogP contribution in [0.25, 0.3) is 101 Å². The zero-order chi connectivity index (χ0) is 40.8. The summed E-state index contributed by atoms with van der Waals surface area (Å²) in [6.45, 7) is 0. The third-order valence-electron chi connectivity index (χ3n) is 13.0. The zero-order valence-corrected chi connectivity index (χ0v) is 33.5. The molecule has 2 heterocycles. The maximum absolute atomic E-state index is 6.55. The van der Waals surface area contributed by atoms with Crippen LogP contribution in [0.3, 0.4) is 0 Å². The summed E-state index contributed by atoms with van der Waals surface area (Å²) in [6.07, 6.45) is 0. The predicted molar refractivity (Wildman–Crippen MR) is 251 cm³/mol. The van der Waals surface area contributed by atoms with Crippen molar-refractivity contribution in [3.05, 3.63) is 235 Å². The summed E-state index contributed by atoms with van der Waals surface area (Å²) >= 11 is 0. The van der Waals surface area contributed by atoms with Crippen LogP contribution in [0.5, 0.6) is 0 Å². The van der Waals surface area contributed by atoms with E-state index in [2.05, 4.69) is 140 Å². The molecule has 4 nitrogen and oxygen atoms in total. The van der Waals surface area contributed by atoms with E-state index in [1.165, 1.54) is 55.6 Å². The summed E-state index contributed by atoms with van der Waals surface area (Å²) in [5.41, 5.74) is 19.1. The smallest absolute Gasteiger partial charge is 0.164 e. The Balaban J connectivity index is 0.983. The van der Waals surface area contributed by atoms with Gasteiger partial charge in [-0.25, -0.2) is 15.0 Å². The second-order valence-electron chi connectivity index (χ2n) is 16.2. The van der Waals surface area contributed by atoms with Crippen LogP contribution in [0.2, 0.25) is 0 Å². The molecule has 0 fully saturated rings. The third-order valence-corrected chi connectivity index (χ3v) is 13.0. The Morgan fingerprint density at radius 1 is 0.306 bits per heavy atom. The second kappa shape index (κ2) is 13.4. The lowest BCUT2D eigenvalue weighted by atomic mass is 9.68. The van der Waals surface area contributed by atoms with Gasteiger partial charge in [0.1, 0.15) is 11.2 Å². The molecule has 0 atom stereocenters. The number of fused-ring (bicyclic) bond motifs is 13. The predicted octanol–water partition coefficient (Wildman–Crippen LogP) is 14.4. The van der Waals surface area contributed by atoms with E-state index in [9.17, 15) is 0 Å². The van der Waals surface area contributed by atoms with Gasteiger partial charge >= 0.3 is 0 Å². The number of aromatic nitrogens is 3. The molecule has 2 aliphatic carbocycles. The zero-order valence-electron chi connectivity index (χ0n) is 33.5. The lowest BCUT2D eigenvalue weighted by molar-refractivity contribution is 0.669. The summed E-state index contributed by atoms with van der Waals surface area (Å²) in [7, 11) is 0. The Hall–Kier alpha value is -8.21. The molecule has 11 aromatic rings. The topological polar surface area (TPSA) is 51.8 Å². The molecule has 2 aromatic heterocycles. The van der Waals surface area contributed by atoms with Gasteiger partial charge in [-0.3, -0.25) is 0 Å². The molecule has 62 heavy (non-hydrogen) atoms. The molecule has 0 aliphatic heterocycles. The molecule has 9 aromatic carbocycles. The van der Waals surface area contributed by atoms with E-state index in [1.54, 1.807) is 0 Å². The number of hydrogen-bond donors (Lipinski definition) is 0. The number of furan rings is 1. The Bertz CT molecular complexity index is 3470. The monoisotopic (exact) mass is 789 g/mol. The van der Waals surface area contributed by atoms with Gasteiger partial charge < -0.3 is 4.42 Å². The summed E-state index contributed by atoms with van der Waals surface area (Å²) in [6, 6.07) is 75.8. The molecule has 0 N–H and O–H groups in total. The number of rotatable bonds is 5. The molecule has 288 valence electrons. The van der Waals surface area contributed by atoms with E-state index in [1.807, 2.05) is 72.8 Å². The van der Waals surface area contributed by atoms with Crippen molar-refractivity contribution < 1.29 is 4.42 Å². The standard InChI is InChI=1S/C58H35N3O/c1-3-16-36(17-4-1)55-59-56(37-18-5-2-6-19-37)61-57(60-55)46-27-15-31-52-53(46)47-35-39(32-33-51(47)62-52)38-20-13-21-40(34-38)41-25-14-26-45-44-24-9-12-30-50(44)58(54(41)45)48-28-10-7-22-42(48)43-23-8-11-29-49(43)58/h1-35H. The van der Waals surface area contributed by atoms with Crippen molar-refractivity contribution in [1.29, 1.82) is 0 Å². The lowest BCUT2D eigenvalue weighted by Gasteiger charge is -2.32. The van der Waals surface area contributed by atoms with Crippen LogP contribution in [-0.2, 0) is 5.41 Å². The third kappa shape index (κ3) is 4.98. The first kappa shape index (κ1) is 34.6. The lowest BCUT2D eigenvalue weighted by Crippen LogP contribution is -2.26. The van der Waals surface area contributed by atoms with Gasteiger partial charge in [0.05, 0.1) is 5.41 Å². The summed E-state index contributed by atoms with van der Waals surface area (Å²) < 4.78 is 6.55. The van der Waals surface area contributed by atoms with Crippen molar-refractivity contribution in [2.45, 2.75) is 5.41 Å². The van der Waals surface area contributed by atoms with Crippen LogP contribution >= 0.6 is 0 Å². The van der Waals surface area contributed by atoms with E-state index in [0.717, 1.165) is 49.8 Å². The fourth-order valence-corrected chi connectivity index (χ4v) is 10.4. The van der Waals surface area contributed by atoms with Gasteiger partial charge in [-0.15, -0.1) is 0 Å². The molecular weight excluding hydrogens is 755 g/mol. The van der Waals surface area contributed by atoms with Crippen LogP contribution in [0, 0.1) is 0 Å². The average molecular weight is 790 g/mol. The molecule has 0 amide bonds. The minimum Gasteiger partial charge on any atom is -0.456 e. The minimum absolute atomic E-state index is 0.438. The first-order valence-electron chi connectivity index (χ1n) is 21.1. The van der Waals surface area contributed by atoms with Crippen LogP contribution in [0.1, 0.15) is 22.3 Å². The highest BCUT2D eigenvalue weighted by molar-refractivity contribution is 6.13. The van der Waals surface area contributed by atoms with Crippen LogP contribution in [0.15, 0.2) is 217 Å². The SMILES string of the molecule is c1ccc(-c2nc(-c3ccccc3)nc(-c3cccc4oc5ccc(-c6cccc(-c7cccc8c7C7(c9ccccc9-c9ccccc97)c7ccccc7-8)c6)cc5c34)n2)cc1. The second-order valence-corrected chi connectivity index (χ2v) is 16.2. The molecule has 0 saturated carbocycles. The molecule has 0 radical (unpaired) electrons. The van der Waals surface area contributed by atoms with Gasteiger partial charge in [0, 0.05) is 27.5 Å². The van der Waals surface area contributed by atoms with Gasteiger partial charge in [0.25, 0.3) is 0 Å². The molecule has 0 unspecified atom stereocenters. The molecule has 0 saturated heterocycles. The van der Waals surface area contributed by atoms with Crippen LogP contribution in [-0.4, -0.2) is 15.0 Å². The quantitative estimate of drug-likeness (QED) is 0.174. The Morgan fingerprint density at radius 3 is 1.44 bits per heavy atom. The highest BCUT2D eigenvalue weighted by Crippen LogP contribution is 2.64. The fraction of sp³-hybridized carbons (Fsp3) is 0.0172. The van der Waals surface area contributed by atoms with Gasteiger partial charge in [0.2, 0.25) is 0 Å². The largest absolute Gasteiger partial charge is 0.456 e. The summed E-state index contributed by atoms with van der Waals surface area (Å²) in [5.74, 6) is 1.85. The van der Waals surface area contributed by atoms with E-state index < -0.39 is 5.41 Å². The Labute approximate surface area is 358 Å². The van der Waals surface area contributed by atoms with Gasteiger partial charge in [-0.1, -0.05) is 188 Å². The van der Waals surface area contributed by atoms with E-state index in [0.29, 0.717) is 17.5 Å². The number of benzene rings is 9. The fourth-order valence-electron chi connectivity index (χ4n) is 10.4. The molecule has 13 rings (SSSR count). The molecule has 0 bridgehead atoms. The molecule has 1 spiro atoms. The van der Waals surface area contributed by atoms with Gasteiger partial charge in [-0.2, -0.15) is 0 Å². The van der Waals surface area contributed by atoms with Crippen molar-refractivity contribution in [2.75, 3.05) is 0 Å². The van der Waals surface area contributed by atoms with E-state index in [-0.39, 0.29) is 0 Å². The van der Waals surface area contributed by atoms with Crippen LogP contribution < -0.4 is 0 Å². The number of nitrogens with zero attached hydrogens (tertiary/aromatic N) is 3. The highest BCUT2D eigenvalue weighted by Gasteiger charge is 2.52. The Kier molecular flexibility index (Phi) is 7.49. The van der Waals surface area contributed by atoms with Crippen molar-refractivity contribution in [2.24, 2.45) is 0 Å². The normalized spacial score (nSPS) is 13.0. The van der Waals surface area contributed by atoms with Crippen molar-refractivity contribution in [3.8, 4) is 78.7 Å². The van der Waals surface area contributed by atoms with Crippen LogP contribution in [0.4, 0.5) is 0 Å². The first-order valence-corrected chi connectivity index (χ1v) is 21.1. The summed E-state index contributed by atoms with van der Waals surface area (Å²) in [4.78, 5) is 15.1. The van der Waals surface area contributed by atoms with Crippen molar-refractivity contribution in [3.63, 3.8) is 0 Å². The highest BCUT2D eigenvalue weighted by atomic mass is 16.3. The maximum atomic E-state index is 6.55.